The Morgan fingerprint density at radius 2 is 2.08 bits per heavy atom. The smallest absolute Gasteiger partial charge is 0.251 e. The fraction of sp³-hybridized carbons (Fsp3) is 0.118. The molecule has 0 aliphatic rings. The fourth-order valence-electron chi connectivity index (χ4n) is 2.48. The summed E-state index contributed by atoms with van der Waals surface area (Å²) < 4.78 is 2.68. The summed E-state index contributed by atoms with van der Waals surface area (Å²) in [4.78, 5) is 16.9. The Morgan fingerprint density at radius 3 is 2.92 bits per heavy atom. The van der Waals surface area contributed by atoms with E-state index in [0.29, 0.717) is 18.5 Å². The number of nitrogens with zero attached hydrogens (tertiary/aromatic N) is 5. The molecule has 2 heterocycles. The first-order valence-electron chi connectivity index (χ1n) is 7.76. The highest BCUT2D eigenvalue weighted by Gasteiger charge is 2.08. The molecule has 1 N–H and O–H groups in total. The summed E-state index contributed by atoms with van der Waals surface area (Å²) in [7, 11) is 0. The Balaban J connectivity index is 1.39. The maximum Gasteiger partial charge on any atom is 0.251 e. The van der Waals surface area contributed by atoms with Crippen molar-refractivity contribution in [1.82, 2.24) is 30.5 Å². The summed E-state index contributed by atoms with van der Waals surface area (Å²) in [6.07, 6.45) is 2.20. The van der Waals surface area contributed by atoms with E-state index in [1.807, 2.05) is 24.3 Å². The van der Waals surface area contributed by atoms with Gasteiger partial charge in [-0.05, 0) is 40.8 Å². The number of thiazole rings is 1. The molecule has 0 saturated carbocycles. The van der Waals surface area contributed by atoms with Crippen LogP contribution in [0.5, 0.6) is 0 Å². The van der Waals surface area contributed by atoms with Gasteiger partial charge < -0.3 is 5.32 Å². The zero-order chi connectivity index (χ0) is 17.1. The molecule has 0 fully saturated rings. The molecule has 25 heavy (non-hydrogen) atoms. The van der Waals surface area contributed by atoms with E-state index in [2.05, 4.69) is 31.9 Å². The third-order valence-corrected chi connectivity index (χ3v) is 4.78. The molecule has 4 rings (SSSR count). The minimum absolute atomic E-state index is 0.129. The summed E-state index contributed by atoms with van der Waals surface area (Å²) in [6, 6.07) is 15.2. The van der Waals surface area contributed by atoms with Gasteiger partial charge in [-0.15, -0.1) is 16.4 Å². The molecule has 8 heteroatoms. The van der Waals surface area contributed by atoms with Crippen LogP contribution in [-0.2, 0) is 6.42 Å². The molecule has 2 aromatic heterocycles. The van der Waals surface area contributed by atoms with Crippen LogP contribution in [0.3, 0.4) is 0 Å². The van der Waals surface area contributed by atoms with Crippen LogP contribution in [0.1, 0.15) is 15.4 Å². The molecule has 4 aromatic rings. The van der Waals surface area contributed by atoms with E-state index >= 15 is 0 Å². The number of para-hydroxylation sites is 1. The van der Waals surface area contributed by atoms with Crippen molar-refractivity contribution in [3.8, 4) is 5.69 Å². The number of fused-ring (bicyclic) bond motifs is 1. The van der Waals surface area contributed by atoms with Gasteiger partial charge in [-0.1, -0.05) is 18.2 Å². The van der Waals surface area contributed by atoms with Crippen LogP contribution in [-0.4, -0.2) is 37.6 Å². The molecule has 1 amide bonds. The van der Waals surface area contributed by atoms with Gasteiger partial charge in [-0.3, -0.25) is 4.79 Å². The van der Waals surface area contributed by atoms with E-state index in [1.54, 1.807) is 29.5 Å². The molecule has 0 aliphatic heterocycles. The van der Waals surface area contributed by atoms with E-state index < -0.39 is 0 Å². The van der Waals surface area contributed by atoms with Crippen LogP contribution in [0.2, 0.25) is 0 Å². The molecular weight excluding hydrogens is 336 g/mol. The molecular formula is C17H14N6OS. The Morgan fingerprint density at radius 1 is 1.16 bits per heavy atom. The Labute approximate surface area is 147 Å². The van der Waals surface area contributed by atoms with Crippen molar-refractivity contribution < 1.29 is 4.79 Å². The van der Waals surface area contributed by atoms with Crippen LogP contribution in [0.4, 0.5) is 0 Å². The molecule has 0 bridgehead atoms. The average Bonchev–Trinajstić information content (AvgIpc) is 3.31. The maximum absolute atomic E-state index is 12.3. The fourth-order valence-corrected chi connectivity index (χ4v) is 3.45. The molecule has 0 spiro atoms. The van der Waals surface area contributed by atoms with Crippen molar-refractivity contribution in [2.75, 3.05) is 6.54 Å². The van der Waals surface area contributed by atoms with E-state index in [4.69, 9.17) is 0 Å². The number of aromatic nitrogens is 5. The number of benzene rings is 2. The lowest BCUT2D eigenvalue weighted by Crippen LogP contribution is -2.25. The van der Waals surface area contributed by atoms with Crippen molar-refractivity contribution in [2.45, 2.75) is 6.42 Å². The maximum atomic E-state index is 12.3. The third-order valence-electron chi connectivity index (χ3n) is 3.68. The van der Waals surface area contributed by atoms with Gasteiger partial charge in [0, 0.05) is 18.5 Å². The van der Waals surface area contributed by atoms with Gasteiger partial charge in [0.2, 0.25) is 0 Å². The zero-order valence-corrected chi connectivity index (χ0v) is 14.0. The highest BCUT2D eigenvalue weighted by atomic mass is 32.1. The monoisotopic (exact) mass is 350 g/mol. The molecule has 0 unspecified atom stereocenters. The second kappa shape index (κ2) is 6.78. The second-order valence-corrected chi connectivity index (χ2v) is 6.50. The number of carbonyl (C=O) groups is 1. The molecule has 0 saturated heterocycles. The lowest BCUT2D eigenvalue weighted by Gasteiger charge is -2.06. The van der Waals surface area contributed by atoms with Crippen molar-refractivity contribution in [1.29, 1.82) is 0 Å². The number of hydrogen-bond donors (Lipinski definition) is 1. The van der Waals surface area contributed by atoms with Crippen LogP contribution in [0, 0.1) is 0 Å². The average molecular weight is 350 g/mol. The molecule has 0 atom stereocenters. The predicted octanol–water partition coefficient (Wildman–Crippen LogP) is 2.24. The lowest BCUT2D eigenvalue weighted by atomic mass is 10.2. The first-order chi connectivity index (χ1) is 12.3. The quantitative estimate of drug-likeness (QED) is 0.597. The largest absolute Gasteiger partial charge is 0.352 e. The predicted molar refractivity (Wildman–Crippen MR) is 94.8 cm³/mol. The normalized spacial score (nSPS) is 10.9. The summed E-state index contributed by atoms with van der Waals surface area (Å²) >= 11 is 1.66. The SMILES string of the molecule is O=C(NCCc1nc2ccccc2s1)c1cccc(-n2cnnn2)c1. The van der Waals surface area contributed by atoms with Crippen molar-refractivity contribution in [2.24, 2.45) is 0 Å². The van der Waals surface area contributed by atoms with E-state index in [9.17, 15) is 4.79 Å². The molecule has 7 nitrogen and oxygen atoms in total. The van der Waals surface area contributed by atoms with E-state index in [1.165, 1.54) is 11.0 Å². The van der Waals surface area contributed by atoms with E-state index in [0.717, 1.165) is 20.9 Å². The van der Waals surface area contributed by atoms with Gasteiger partial charge in [0.25, 0.3) is 5.91 Å². The zero-order valence-electron chi connectivity index (χ0n) is 13.2. The van der Waals surface area contributed by atoms with Crippen molar-refractivity contribution in [3.63, 3.8) is 0 Å². The first-order valence-corrected chi connectivity index (χ1v) is 8.57. The molecule has 124 valence electrons. The highest BCUT2D eigenvalue weighted by Crippen LogP contribution is 2.21. The number of rotatable bonds is 5. The Kier molecular flexibility index (Phi) is 4.17. The van der Waals surface area contributed by atoms with Crippen LogP contribution >= 0.6 is 11.3 Å². The van der Waals surface area contributed by atoms with Gasteiger partial charge in [-0.2, -0.15) is 0 Å². The molecule has 0 aliphatic carbocycles. The number of carbonyl (C=O) groups excluding carboxylic acids is 1. The topological polar surface area (TPSA) is 85.6 Å². The lowest BCUT2D eigenvalue weighted by molar-refractivity contribution is 0.0954. The Hall–Kier alpha value is -3.13. The van der Waals surface area contributed by atoms with Crippen LogP contribution in [0.25, 0.3) is 15.9 Å². The molecule has 0 radical (unpaired) electrons. The minimum atomic E-state index is -0.129. The van der Waals surface area contributed by atoms with Gasteiger partial charge in [0.15, 0.2) is 0 Å². The van der Waals surface area contributed by atoms with Crippen LogP contribution < -0.4 is 5.32 Å². The Bertz CT molecular complexity index is 978. The molecule has 2 aromatic carbocycles. The highest BCUT2D eigenvalue weighted by molar-refractivity contribution is 7.18. The van der Waals surface area contributed by atoms with Gasteiger partial charge >= 0.3 is 0 Å². The van der Waals surface area contributed by atoms with Crippen LogP contribution in [0.15, 0.2) is 54.9 Å². The second-order valence-electron chi connectivity index (χ2n) is 5.39. The van der Waals surface area contributed by atoms with Crippen molar-refractivity contribution >= 4 is 27.5 Å². The van der Waals surface area contributed by atoms with Gasteiger partial charge in [0.1, 0.15) is 6.33 Å². The van der Waals surface area contributed by atoms with Gasteiger partial charge in [0.05, 0.1) is 20.9 Å². The minimum Gasteiger partial charge on any atom is -0.352 e. The number of nitrogens with one attached hydrogen (secondary N) is 1. The summed E-state index contributed by atoms with van der Waals surface area (Å²) in [5.41, 5.74) is 2.31. The number of hydrogen-bond acceptors (Lipinski definition) is 6. The standard InChI is InChI=1S/C17H14N6OS/c24-17(12-4-3-5-13(10-12)23-11-19-21-22-23)18-9-8-16-20-14-6-1-2-7-15(14)25-16/h1-7,10-11H,8-9H2,(H,18,24). The summed E-state index contributed by atoms with van der Waals surface area (Å²) in [5, 5.41) is 15.0. The summed E-state index contributed by atoms with van der Waals surface area (Å²) in [5.74, 6) is -0.129. The third kappa shape index (κ3) is 3.38. The summed E-state index contributed by atoms with van der Waals surface area (Å²) in [6.45, 7) is 0.535. The van der Waals surface area contributed by atoms with Crippen molar-refractivity contribution in [3.05, 3.63) is 65.4 Å². The number of amides is 1. The van der Waals surface area contributed by atoms with Gasteiger partial charge in [-0.25, -0.2) is 9.67 Å². The number of tetrazole rings is 1. The first kappa shape index (κ1) is 15.4. The van der Waals surface area contributed by atoms with E-state index in [-0.39, 0.29) is 5.91 Å².